The molecule has 8 nitrogen and oxygen atoms in total. The standard InChI is InChI=1S/C20H31N7O.ClH/c1-16-18(13-24(2)23-16)14-25-9-11-27(12-10-25)20-19(21-5-6-22-20)26-7-3-17(15-28)4-8-26;/h5-6,13,17,28H,3-4,7-12,14-15H2,1-2H3;1H. The number of hydrogen-bond acceptors (Lipinski definition) is 7. The molecule has 0 aliphatic carbocycles. The molecule has 0 saturated carbocycles. The Labute approximate surface area is 178 Å². The fraction of sp³-hybridized carbons (Fsp3) is 0.650. The second kappa shape index (κ2) is 9.73. The molecule has 2 saturated heterocycles. The monoisotopic (exact) mass is 421 g/mol. The van der Waals surface area contributed by atoms with E-state index in [0.29, 0.717) is 12.5 Å². The zero-order valence-corrected chi connectivity index (χ0v) is 18.2. The summed E-state index contributed by atoms with van der Waals surface area (Å²) >= 11 is 0. The Morgan fingerprint density at radius 1 is 0.966 bits per heavy atom. The predicted octanol–water partition coefficient (Wildman–Crippen LogP) is 1.47. The van der Waals surface area contributed by atoms with Gasteiger partial charge < -0.3 is 14.9 Å². The third-order valence-electron chi connectivity index (χ3n) is 6.01. The number of aliphatic hydroxyl groups excluding tert-OH is 1. The van der Waals surface area contributed by atoms with Gasteiger partial charge in [-0.25, -0.2) is 9.97 Å². The van der Waals surface area contributed by atoms with E-state index >= 15 is 0 Å². The highest BCUT2D eigenvalue weighted by molar-refractivity contribution is 5.85. The lowest BCUT2D eigenvalue weighted by Crippen LogP contribution is -2.47. The molecule has 0 bridgehead atoms. The second-order valence-electron chi connectivity index (χ2n) is 7.99. The van der Waals surface area contributed by atoms with Gasteiger partial charge >= 0.3 is 0 Å². The molecule has 1 N–H and O–H groups in total. The van der Waals surface area contributed by atoms with Crippen molar-refractivity contribution in [2.45, 2.75) is 26.3 Å². The summed E-state index contributed by atoms with van der Waals surface area (Å²) in [5.41, 5.74) is 2.43. The molecule has 160 valence electrons. The minimum Gasteiger partial charge on any atom is -0.396 e. The van der Waals surface area contributed by atoms with Crippen molar-refractivity contribution in [3.05, 3.63) is 29.8 Å². The Morgan fingerprint density at radius 2 is 1.55 bits per heavy atom. The maximum absolute atomic E-state index is 9.39. The molecule has 0 spiro atoms. The van der Waals surface area contributed by atoms with Crippen molar-refractivity contribution in [1.82, 2.24) is 24.6 Å². The first-order chi connectivity index (χ1) is 13.6. The van der Waals surface area contributed by atoms with Crippen molar-refractivity contribution in [2.24, 2.45) is 13.0 Å². The predicted molar refractivity (Wildman–Crippen MR) is 117 cm³/mol. The lowest BCUT2D eigenvalue weighted by Gasteiger charge is -2.38. The zero-order chi connectivity index (χ0) is 19.5. The third kappa shape index (κ3) is 4.99. The van der Waals surface area contributed by atoms with Crippen molar-refractivity contribution in [3.8, 4) is 0 Å². The molecule has 2 aliphatic rings. The molecule has 2 fully saturated rings. The Hall–Kier alpha value is -1.90. The Morgan fingerprint density at radius 3 is 2.07 bits per heavy atom. The number of aliphatic hydroxyl groups is 1. The van der Waals surface area contributed by atoms with E-state index in [1.165, 1.54) is 5.56 Å². The van der Waals surface area contributed by atoms with Crippen LogP contribution in [0.1, 0.15) is 24.1 Å². The molecule has 4 rings (SSSR count). The van der Waals surface area contributed by atoms with E-state index in [9.17, 15) is 5.11 Å². The van der Waals surface area contributed by atoms with Gasteiger partial charge in [0.15, 0.2) is 11.6 Å². The van der Waals surface area contributed by atoms with Gasteiger partial charge in [-0.3, -0.25) is 9.58 Å². The van der Waals surface area contributed by atoms with Gasteiger partial charge in [0.1, 0.15) is 0 Å². The van der Waals surface area contributed by atoms with Crippen molar-refractivity contribution < 1.29 is 5.11 Å². The summed E-state index contributed by atoms with van der Waals surface area (Å²) in [5.74, 6) is 2.42. The molecule has 0 aromatic carbocycles. The van der Waals surface area contributed by atoms with Crippen LogP contribution in [-0.2, 0) is 13.6 Å². The van der Waals surface area contributed by atoms with Crippen LogP contribution in [-0.4, -0.2) is 75.6 Å². The summed E-state index contributed by atoms with van der Waals surface area (Å²) in [4.78, 5) is 16.5. The van der Waals surface area contributed by atoms with Gasteiger partial charge in [-0.1, -0.05) is 0 Å². The quantitative estimate of drug-likeness (QED) is 0.783. The molecule has 0 atom stereocenters. The van der Waals surface area contributed by atoms with E-state index in [-0.39, 0.29) is 12.4 Å². The lowest BCUT2D eigenvalue weighted by atomic mass is 9.98. The summed E-state index contributed by atoms with van der Waals surface area (Å²) in [6, 6.07) is 0. The maximum Gasteiger partial charge on any atom is 0.172 e. The lowest BCUT2D eigenvalue weighted by molar-refractivity contribution is 0.202. The van der Waals surface area contributed by atoms with Crippen LogP contribution in [0.4, 0.5) is 11.6 Å². The van der Waals surface area contributed by atoms with Crippen LogP contribution in [0.3, 0.4) is 0 Å². The van der Waals surface area contributed by atoms with E-state index in [4.69, 9.17) is 0 Å². The maximum atomic E-state index is 9.39. The molecule has 0 radical (unpaired) electrons. The average molecular weight is 422 g/mol. The number of aryl methyl sites for hydroxylation is 2. The van der Waals surface area contributed by atoms with Gasteiger partial charge in [0.25, 0.3) is 0 Å². The fourth-order valence-electron chi connectivity index (χ4n) is 4.26. The van der Waals surface area contributed by atoms with Crippen LogP contribution >= 0.6 is 12.4 Å². The normalized spacial score (nSPS) is 18.7. The minimum absolute atomic E-state index is 0. The topological polar surface area (TPSA) is 73.6 Å². The number of hydrogen-bond donors (Lipinski definition) is 1. The number of piperazine rings is 1. The highest BCUT2D eigenvalue weighted by Gasteiger charge is 2.26. The van der Waals surface area contributed by atoms with E-state index in [1.54, 1.807) is 12.4 Å². The summed E-state index contributed by atoms with van der Waals surface area (Å²) in [7, 11) is 1.98. The van der Waals surface area contributed by atoms with E-state index in [1.807, 2.05) is 11.7 Å². The Bertz CT molecular complexity index is 783. The van der Waals surface area contributed by atoms with E-state index < -0.39 is 0 Å². The van der Waals surface area contributed by atoms with Crippen LogP contribution in [0, 0.1) is 12.8 Å². The first kappa shape index (κ1) is 21.8. The van der Waals surface area contributed by atoms with E-state index in [0.717, 1.165) is 76.0 Å². The third-order valence-corrected chi connectivity index (χ3v) is 6.01. The molecule has 2 aromatic rings. The number of anilines is 2. The van der Waals surface area contributed by atoms with Gasteiger partial charge in [0, 0.05) is 83.6 Å². The van der Waals surface area contributed by atoms with Crippen LogP contribution in [0.2, 0.25) is 0 Å². The van der Waals surface area contributed by atoms with Crippen LogP contribution in [0.5, 0.6) is 0 Å². The Kier molecular flexibility index (Phi) is 7.32. The minimum atomic E-state index is 0. The smallest absolute Gasteiger partial charge is 0.172 e. The molecule has 0 unspecified atom stereocenters. The first-order valence-corrected chi connectivity index (χ1v) is 10.3. The molecule has 0 amide bonds. The van der Waals surface area contributed by atoms with E-state index in [2.05, 4.69) is 42.9 Å². The van der Waals surface area contributed by atoms with Gasteiger partial charge in [0.05, 0.1) is 5.69 Å². The highest BCUT2D eigenvalue weighted by Crippen LogP contribution is 2.29. The summed E-state index contributed by atoms with van der Waals surface area (Å²) in [6.45, 7) is 9.14. The number of halogens is 1. The van der Waals surface area contributed by atoms with Crippen molar-refractivity contribution in [3.63, 3.8) is 0 Å². The zero-order valence-electron chi connectivity index (χ0n) is 17.4. The van der Waals surface area contributed by atoms with Gasteiger partial charge in [-0.2, -0.15) is 5.10 Å². The molecule has 29 heavy (non-hydrogen) atoms. The average Bonchev–Trinajstić information content (AvgIpc) is 3.05. The van der Waals surface area contributed by atoms with Gasteiger partial charge in [-0.05, 0) is 25.7 Å². The second-order valence-corrected chi connectivity index (χ2v) is 7.99. The summed E-state index contributed by atoms with van der Waals surface area (Å²) in [5, 5.41) is 13.8. The van der Waals surface area contributed by atoms with Crippen molar-refractivity contribution in [1.29, 1.82) is 0 Å². The van der Waals surface area contributed by atoms with Gasteiger partial charge in [-0.15, -0.1) is 12.4 Å². The van der Waals surface area contributed by atoms with Crippen LogP contribution in [0.15, 0.2) is 18.6 Å². The van der Waals surface area contributed by atoms with Crippen LogP contribution < -0.4 is 9.80 Å². The number of aromatic nitrogens is 4. The van der Waals surface area contributed by atoms with Crippen LogP contribution in [0.25, 0.3) is 0 Å². The molecule has 4 heterocycles. The van der Waals surface area contributed by atoms with Crippen molar-refractivity contribution in [2.75, 3.05) is 55.7 Å². The number of rotatable bonds is 5. The molecular formula is C20H32ClN7O. The van der Waals surface area contributed by atoms with Crippen molar-refractivity contribution >= 4 is 24.0 Å². The fourth-order valence-corrected chi connectivity index (χ4v) is 4.26. The number of piperidine rings is 1. The molecule has 2 aliphatic heterocycles. The van der Waals surface area contributed by atoms with Gasteiger partial charge in [0.2, 0.25) is 0 Å². The molecule has 2 aromatic heterocycles. The molecule has 9 heteroatoms. The summed E-state index contributed by atoms with van der Waals surface area (Å²) < 4.78 is 1.90. The highest BCUT2D eigenvalue weighted by atomic mass is 35.5. The first-order valence-electron chi connectivity index (χ1n) is 10.3. The largest absolute Gasteiger partial charge is 0.396 e. The summed E-state index contributed by atoms with van der Waals surface area (Å²) in [6.07, 6.45) is 7.75. The molecular weight excluding hydrogens is 390 g/mol. The number of nitrogens with zero attached hydrogens (tertiary/aromatic N) is 7. The Balaban J connectivity index is 0.00000240. The SMILES string of the molecule is Cc1nn(C)cc1CN1CCN(c2nccnc2N2CCC(CO)CC2)CC1.Cl.